The maximum absolute atomic E-state index is 11.6. The molecular weight excluding hydrogens is 224 g/mol. The second kappa shape index (κ2) is 6.88. The van der Waals surface area contributed by atoms with Crippen LogP contribution >= 0.6 is 0 Å². The zero-order valence-electron chi connectivity index (χ0n) is 9.93. The molecule has 0 heterocycles. The lowest BCUT2D eigenvalue weighted by atomic mass is 10.1. The zero-order valence-corrected chi connectivity index (χ0v) is 9.93. The molecule has 0 radical (unpaired) electrons. The molecule has 0 bridgehead atoms. The summed E-state index contributed by atoms with van der Waals surface area (Å²) in [7, 11) is 1.56. The van der Waals surface area contributed by atoms with Crippen LogP contribution in [0.3, 0.4) is 0 Å². The first-order valence-electron chi connectivity index (χ1n) is 5.19. The molecule has 0 spiro atoms. The Bertz CT molecular complexity index is 375. The number of phenolic OH excluding ortho intramolecular Hbond substituents is 1. The monoisotopic (exact) mass is 240 g/mol. The van der Waals surface area contributed by atoms with Crippen molar-refractivity contribution in [2.24, 2.45) is 0 Å². The number of hydrogen-bond acceptors (Lipinski definition) is 5. The molecule has 1 aromatic rings. The standard InChI is InChI=1S/C12H16O5/c1-9-10(4-3-5-11(9)13)12(14)17-8-16-7-6-15-2/h3-5,13H,6-8H2,1-2H3. The second-order valence-electron chi connectivity index (χ2n) is 3.40. The number of phenols is 1. The summed E-state index contributed by atoms with van der Waals surface area (Å²) in [5.74, 6) is -0.449. The maximum atomic E-state index is 11.6. The van der Waals surface area contributed by atoms with Gasteiger partial charge in [0.25, 0.3) is 0 Å². The van der Waals surface area contributed by atoms with Crippen LogP contribution < -0.4 is 0 Å². The summed E-state index contributed by atoms with van der Waals surface area (Å²) in [5.41, 5.74) is 0.828. The Morgan fingerprint density at radius 3 is 2.82 bits per heavy atom. The Labute approximate surface area is 99.9 Å². The Morgan fingerprint density at radius 1 is 1.35 bits per heavy atom. The maximum Gasteiger partial charge on any atom is 0.340 e. The van der Waals surface area contributed by atoms with Crippen molar-refractivity contribution in [1.82, 2.24) is 0 Å². The van der Waals surface area contributed by atoms with Crippen LogP contribution in [0.2, 0.25) is 0 Å². The number of rotatable bonds is 6. The highest BCUT2D eigenvalue weighted by Gasteiger charge is 2.12. The molecule has 0 aromatic heterocycles. The predicted octanol–water partition coefficient (Wildman–Crippen LogP) is 1.48. The van der Waals surface area contributed by atoms with E-state index in [1.165, 1.54) is 6.07 Å². The first-order chi connectivity index (χ1) is 8.16. The van der Waals surface area contributed by atoms with Crippen LogP contribution in [0, 0.1) is 6.92 Å². The Balaban J connectivity index is 2.44. The van der Waals surface area contributed by atoms with Gasteiger partial charge in [-0.3, -0.25) is 0 Å². The van der Waals surface area contributed by atoms with E-state index in [1.807, 2.05) is 0 Å². The summed E-state index contributed by atoms with van der Waals surface area (Å²) in [6, 6.07) is 4.69. The van der Waals surface area contributed by atoms with Crippen molar-refractivity contribution in [3.63, 3.8) is 0 Å². The lowest BCUT2D eigenvalue weighted by Gasteiger charge is -2.08. The van der Waals surface area contributed by atoms with Gasteiger partial charge >= 0.3 is 5.97 Å². The van der Waals surface area contributed by atoms with E-state index in [-0.39, 0.29) is 12.5 Å². The van der Waals surface area contributed by atoms with Gasteiger partial charge in [0.15, 0.2) is 6.79 Å². The molecule has 0 aliphatic rings. The third-order valence-electron chi connectivity index (χ3n) is 2.23. The predicted molar refractivity (Wildman–Crippen MR) is 61.0 cm³/mol. The minimum atomic E-state index is -0.518. The molecule has 0 saturated carbocycles. The molecule has 0 fully saturated rings. The summed E-state index contributed by atoms with van der Waals surface area (Å²) in [5, 5.41) is 9.43. The highest BCUT2D eigenvalue weighted by atomic mass is 16.7. The third kappa shape index (κ3) is 4.05. The van der Waals surface area contributed by atoms with Gasteiger partial charge < -0.3 is 19.3 Å². The van der Waals surface area contributed by atoms with Crippen LogP contribution in [0.25, 0.3) is 0 Å². The van der Waals surface area contributed by atoms with E-state index >= 15 is 0 Å². The number of benzene rings is 1. The fraction of sp³-hybridized carbons (Fsp3) is 0.417. The molecule has 5 nitrogen and oxygen atoms in total. The smallest absolute Gasteiger partial charge is 0.340 e. The fourth-order valence-corrected chi connectivity index (χ4v) is 1.22. The Kier molecular flexibility index (Phi) is 5.45. The van der Waals surface area contributed by atoms with Crippen molar-refractivity contribution in [3.05, 3.63) is 29.3 Å². The normalized spacial score (nSPS) is 10.2. The highest BCUT2D eigenvalue weighted by Crippen LogP contribution is 2.20. The van der Waals surface area contributed by atoms with Crippen LogP contribution in [-0.2, 0) is 14.2 Å². The van der Waals surface area contributed by atoms with E-state index < -0.39 is 5.97 Å². The van der Waals surface area contributed by atoms with Crippen molar-refractivity contribution >= 4 is 5.97 Å². The summed E-state index contributed by atoms with van der Waals surface area (Å²) in [4.78, 5) is 11.6. The lowest BCUT2D eigenvalue weighted by molar-refractivity contribution is -0.0436. The molecule has 1 aromatic carbocycles. The minimum Gasteiger partial charge on any atom is -0.508 e. The van der Waals surface area contributed by atoms with Gasteiger partial charge in [-0.1, -0.05) is 6.07 Å². The first-order valence-corrected chi connectivity index (χ1v) is 5.19. The molecule has 0 atom stereocenters. The molecule has 1 N–H and O–H groups in total. The van der Waals surface area contributed by atoms with Gasteiger partial charge in [-0.2, -0.15) is 0 Å². The van der Waals surface area contributed by atoms with Crippen LogP contribution in [-0.4, -0.2) is 38.2 Å². The average molecular weight is 240 g/mol. The molecule has 1 rings (SSSR count). The van der Waals surface area contributed by atoms with E-state index in [0.717, 1.165) is 0 Å². The quantitative estimate of drug-likeness (QED) is 0.463. The van der Waals surface area contributed by atoms with Gasteiger partial charge in [0.1, 0.15) is 5.75 Å². The van der Waals surface area contributed by atoms with Gasteiger partial charge in [0.05, 0.1) is 18.8 Å². The Hall–Kier alpha value is -1.59. The number of methoxy groups -OCH3 is 1. The number of hydrogen-bond donors (Lipinski definition) is 1. The van der Waals surface area contributed by atoms with Crippen molar-refractivity contribution in [2.75, 3.05) is 27.1 Å². The van der Waals surface area contributed by atoms with E-state index in [4.69, 9.17) is 14.2 Å². The molecule has 17 heavy (non-hydrogen) atoms. The van der Waals surface area contributed by atoms with E-state index in [2.05, 4.69) is 0 Å². The van der Waals surface area contributed by atoms with E-state index in [1.54, 1.807) is 26.2 Å². The molecule has 94 valence electrons. The molecule has 0 saturated heterocycles. The van der Waals surface area contributed by atoms with Gasteiger partial charge in [-0.25, -0.2) is 4.79 Å². The lowest BCUT2D eigenvalue weighted by Crippen LogP contribution is -2.12. The van der Waals surface area contributed by atoms with Crippen molar-refractivity contribution in [2.45, 2.75) is 6.92 Å². The van der Waals surface area contributed by atoms with Gasteiger partial charge in [0.2, 0.25) is 0 Å². The number of carbonyl (C=O) groups excluding carboxylic acids is 1. The minimum absolute atomic E-state index is 0.0692. The van der Waals surface area contributed by atoms with E-state index in [9.17, 15) is 9.90 Å². The van der Waals surface area contributed by atoms with E-state index in [0.29, 0.717) is 24.3 Å². The number of ether oxygens (including phenoxy) is 3. The Morgan fingerprint density at radius 2 is 2.12 bits per heavy atom. The third-order valence-corrected chi connectivity index (χ3v) is 2.23. The largest absolute Gasteiger partial charge is 0.508 e. The number of carbonyl (C=O) groups is 1. The van der Waals surface area contributed by atoms with Crippen LogP contribution in [0.4, 0.5) is 0 Å². The molecule has 0 aliphatic carbocycles. The number of aromatic hydroxyl groups is 1. The molecule has 5 heteroatoms. The fourth-order valence-electron chi connectivity index (χ4n) is 1.22. The molecule has 0 aliphatic heterocycles. The summed E-state index contributed by atoms with van der Waals surface area (Å²) >= 11 is 0. The van der Waals surface area contributed by atoms with Crippen molar-refractivity contribution < 1.29 is 24.1 Å². The van der Waals surface area contributed by atoms with Crippen LogP contribution in [0.1, 0.15) is 15.9 Å². The van der Waals surface area contributed by atoms with Crippen LogP contribution in [0.15, 0.2) is 18.2 Å². The number of esters is 1. The zero-order chi connectivity index (χ0) is 12.7. The van der Waals surface area contributed by atoms with Crippen molar-refractivity contribution in [3.8, 4) is 5.75 Å². The summed E-state index contributed by atoms with van der Waals surface area (Å²) in [6.45, 7) is 2.33. The van der Waals surface area contributed by atoms with Gasteiger partial charge in [0, 0.05) is 12.7 Å². The van der Waals surface area contributed by atoms with Crippen molar-refractivity contribution in [1.29, 1.82) is 0 Å². The van der Waals surface area contributed by atoms with Gasteiger partial charge in [-0.05, 0) is 19.1 Å². The average Bonchev–Trinajstić information content (AvgIpc) is 2.32. The van der Waals surface area contributed by atoms with Gasteiger partial charge in [-0.15, -0.1) is 0 Å². The second-order valence-corrected chi connectivity index (χ2v) is 3.40. The first kappa shape index (κ1) is 13.5. The highest BCUT2D eigenvalue weighted by molar-refractivity contribution is 5.91. The van der Waals surface area contributed by atoms with Crippen LogP contribution in [0.5, 0.6) is 5.75 Å². The summed E-state index contributed by atoms with van der Waals surface area (Å²) < 4.78 is 14.7. The molecule has 0 unspecified atom stereocenters. The topological polar surface area (TPSA) is 65.0 Å². The SMILES string of the molecule is COCCOCOC(=O)c1cccc(O)c1C. The molecular formula is C12H16O5. The summed E-state index contributed by atoms with van der Waals surface area (Å²) in [6.07, 6.45) is 0. The molecule has 0 amide bonds.